The van der Waals surface area contributed by atoms with Crippen molar-refractivity contribution >= 4 is 11.7 Å². The number of methoxy groups -OCH3 is 2. The molecule has 5 heteroatoms. The monoisotopic (exact) mass is 343 g/mol. The minimum absolute atomic E-state index is 0.00616. The first-order chi connectivity index (χ1) is 11.9. The molecule has 1 amide bonds. The van der Waals surface area contributed by atoms with Crippen LogP contribution in [0, 0.1) is 11.3 Å². The van der Waals surface area contributed by atoms with Gasteiger partial charge in [0, 0.05) is 36.4 Å². The van der Waals surface area contributed by atoms with E-state index in [9.17, 15) is 9.59 Å². The van der Waals surface area contributed by atoms with E-state index in [0.717, 1.165) is 17.7 Å². The van der Waals surface area contributed by atoms with Crippen LogP contribution < -0.4 is 9.47 Å². The standard InChI is InChI=1S/C20H25NO4/c1-20(2)14-12-19(23)21(15(14)6-8-18(20)22)10-9-13-5-7-16(24-3)17(11-13)25-4/h5-7,11,14H,8-10,12H2,1-4H3. The van der Waals surface area contributed by atoms with Crippen molar-refractivity contribution in [2.75, 3.05) is 20.8 Å². The Hall–Kier alpha value is -2.30. The molecule has 1 atom stereocenters. The number of Topliss-reactive ketones (excluding diaryl/α,β-unsaturated/α-hetero) is 1. The van der Waals surface area contributed by atoms with Crippen LogP contribution in [0.1, 0.15) is 32.3 Å². The number of amides is 1. The minimum Gasteiger partial charge on any atom is -0.493 e. The third-order valence-electron chi connectivity index (χ3n) is 5.51. The maximum absolute atomic E-state index is 12.5. The quantitative estimate of drug-likeness (QED) is 0.825. The first-order valence-corrected chi connectivity index (χ1v) is 8.63. The van der Waals surface area contributed by atoms with Gasteiger partial charge in [-0.1, -0.05) is 26.0 Å². The fraction of sp³-hybridized carbons (Fsp3) is 0.500. The lowest BCUT2D eigenvalue weighted by molar-refractivity contribution is -0.129. The van der Waals surface area contributed by atoms with Crippen LogP contribution in [0.5, 0.6) is 11.5 Å². The van der Waals surface area contributed by atoms with Gasteiger partial charge in [0.2, 0.25) is 5.91 Å². The number of allylic oxidation sites excluding steroid dienone is 2. The Labute approximate surface area is 148 Å². The number of hydrogen-bond donors (Lipinski definition) is 0. The average molecular weight is 343 g/mol. The van der Waals surface area contributed by atoms with E-state index in [1.165, 1.54) is 0 Å². The maximum atomic E-state index is 12.5. The second-order valence-corrected chi connectivity index (χ2v) is 7.22. The van der Waals surface area contributed by atoms with Gasteiger partial charge >= 0.3 is 0 Å². The van der Waals surface area contributed by atoms with Crippen molar-refractivity contribution in [1.82, 2.24) is 4.90 Å². The van der Waals surface area contributed by atoms with E-state index in [1.807, 2.05) is 43.0 Å². The second kappa shape index (κ2) is 6.54. The molecule has 1 aromatic rings. The van der Waals surface area contributed by atoms with Crippen molar-refractivity contribution in [3.8, 4) is 11.5 Å². The van der Waals surface area contributed by atoms with E-state index < -0.39 is 5.41 Å². The van der Waals surface area contributed by atoms with Crippen LogP contribution in [-0.2, 0) is 16.0 Å². The zero-order valence-corrected chi connectivity index (χ0v) is 15.3. The first kappa shape index (κ1) is 17.5. The summed E-state index contributed by atoms with van der Waals surface area (Å²) < 4.78 is 10.6. The number of ether oxygens (including phenoxy) is 2. The van der Waals surface area contributed by atoms with Gasteiger partial charge in [-0.2, -0.15) is 0 Å². The molecule has 5 nitrogen and oxygen atoms in total. The number of carbonyl (C=O) groups excluding carboxylic acids is 2. The Balaban J connectivity index is 1.76. The number of fused-ring (bicyclic) bond motifs is 1. The number of likely N-dealkylation sites (tertiary alicyclic amines) is 1. The van der Waals surface area contributed by atoms with E-state index in [4.69, 9.17) is 9.47 Å². The Morgan fingerprint density at radius 3 is 2.56 bits per heavy atom. The molecule has 25 heavy (non-hydrogen) atoms. The number of nitrogens with zero attached hydrogens (tertiary/aromatic N) is 1. The fourth-order valence-electron chi connectivity index (χ4n) is 3.78. The van der Waals surface area contributed by atoms with E-state index >= 15 is 0 Å². The van der Waals surface area contributed by atoms with E-state index in [2.05, 4.69) is 0 Å². The molecule has 0 N–H and O–H groups in total. The SMILES string of the molecule is COc1ccc(CCN2C(=O)CC3C2=CCC(=O)C3(C)C)cc1OC. The summed E-state index contributed by atoms with van der Waals surface area (Å²) in [6.07, 6.45) is 3.51. The van der Waals surface area contributed by atoms with Crippen molar-refractivity contribution in [3.05, 3.63) is 35.5 Å². The largest absolute Gasteiger partial charge is 0.493 e. The molecule has 0 aromatic heterocycles. The number of ketones is 1. The smallest absolute Gasteiger partial charge is 0.227 e. The summed E-state index contributed by atoms with van der Waals surface area (Å²) in [7, 11) is 3.22. The molecule has 3 rings (SSSR count). The van der Waals surface area contributed by atoms with Crippen molar-refractivity contribution < 1.29 is 19.1 Å². The van der Waals surface area contributed by atoms with Crippen LogP contribution in [0.4, 0.5) is 0 Å². The summed E-state index contributed by atoms with van der Waals surface area (Å²) >= 11 is 0. The molecule has 0 saturated carbocycles. The third kappa shape index (κ3) is 3.03. The van der Waals surface area contributed by atoms with Crippen LogP contribution in [0.3, 0.4) is 0 Å². The Bertz CT molecular complexity index is 735. The minimum atomic E-state index is -0.460. The predicted octanol–water partition coefficient (Wildman–Crippen LogP) is 2.98. The number of carbonyl (C=O) groups is 2. The topological polar surface area (TPSA) is 55.8 Å². The predicted molar refractivity (Wildman–Crippen MR) is 94.6 cm³/mol. The van der Waals surface area contributed by atoms with Gasteiger partial charge in [-0.15, -0.1) is 0 Å². The van der Waals surface area contributed by atoms with E-state index in [1.54, 1.807) is 14.2 Å². The molecule has 1 aliphatic carbocycles. The second-order valence-electron chi connectivity index (χ2n) is 7.22. The number of benzene rings is 1. The molecule has 0 radical (unpaired) electrons. The van der Waals surface area contributed by atoms with E-state index in [-0.39, 0.29) is 17.6 Å². The van der Waals surface area contributed by atoms with Crippen LogP contribution >= 0.6 is 0 Å². The average Bonchev–Trinajstić information content (AvgIpc) is 2.93. The van der Waals surface area contributed by atoms with Gasteiger partial charge in [0.05, 0.1) is 14.2 Å². The highest BCUT2D eigenvalue weighted by Crippen LogP contribution is 2.46. The summed E-state index contributed by atoms with van der Waals surface area (Å²) in [5.41, 5.74) is 1.65. The van der Waals surface area contributed by atoms with Crippen LogP contribution in [0.25, 0.3) is 0 Å². The Kier molecular flexibility index (Phi) is 4.58. The third-order valence-corrected chi connectivity index (χ3v) is 5.51. The molecular weight excluding hydrogens is 318 g/mol. The number of rotatable bonds is 5. The van der Waals surface area contributed by atoms with Crippen molar-refractivity contribution in [3.63, 3.8) is 0 Å². The summed E-state index contributed by atoms with van der Waals surface area (Å²) in [5, 5.41) is 0. The van der Waals surface area contributed by atoms with Gasteiger partial charge in [0.1, 0.15) is 5.78 Å². The fourth-order valence-corrected chi connectivity index (χ4v) is 3.78. The van der Waals surface area contributed by atoms with Gasteiger partial charge in [-0.25, -0.2) is 0 Å². The van der Waals surface area contributed by atoms with Gasteiger partial charge in [0.25, 0.3) is 0 Å². The highest BCUT2D eigenvalue weighted by molar-refractivity contribution is 5.91. The van der Waals surface area contributed by atoms with Gasteiger partial charge in [-0.05, 0) is 24.1 Å². The summed E-state index contributed by atoms with van der Waals surface area (Å²) in [5.74, 6) is 1.72. The van der Waals surface area contributed by atoms with Crippen LogP contribution in [0.15, 0.2) is 30.0 Å². The van der Waals surface area contributed by atoms with Crippen molar-refractivity contribution in [1.29, 1.82) is 0 Å². The van der Waals surface area contributed by atoms with Crippen LogP contribution in [-0.4, -0.2) is 37.4 Å². The molecule has 1 saturated heterocycles. The van der Waals surface area contributed by atoms with Gasteiger partial charge in [0.15, 0.2) is 11.5 Å². The van der Waals surface area contributed by atoms with Gasteiger partial charge < -0.3 is 14.4 Å². The Morgan fingerprint density at radius 2 is 1.88 bits per heavy atom. The number of hydrogen-bond acceptors (Lipinski definition) is 4. The molecule has 1 heterocycles. The normalized spacial score (nSPS) is 21.8. The zero-order valence-electron chi connectivity index (χ0n) is 15.3. The first-order valence-electron chi connectivity index (χ1n) is 8.63. The molecule has 1 aromatic carbocycles. The molecule has 1 unspecified atom stereocenters. The lowest BCUT2D eigenvalue weighted by Gasteiger charge is -2.35. The zero-order chi connectivity index (χ0) is 18.2. The molecule has 0 spiro atoms. The van der Waals surface area contributed by atoms with Crippen molar-refractivity contribution in [2.45, 2.75) is 33.1 Å². The summed E-state index contributed by atoms with van der Waals surface area (Å²) in [4.78, 5) is 26.5. The molecule has 2 aliphatic rings. The maximum Gasteiger partial charge on any atom is 0.227 e. The molecule has 134 valence electrons. The molecule has 1 aliphatic heterocycles. The lowest BCUT2D eigenvalue weighted by Crippen LogP contribution is -2.37. The summed E-state index contributed by atoms with van der Waals surface area (Å²) in [6, 6.07) is 5.81. The van der Waals surface area contributed by atoms with E-state index in [0.29, 0.717) is 30.9 Å². The molecule has 0 bridgehead atoms. The van der Waals surface area contributed by atoms with Gasteiger partial charge in [-0.3, -0.25) is 9.59 Å². The van der Waals surface area contributed by atoms with Crippen molar-refractivity contribution in [2.24, 2.45) is 11.3 Å². The highest BCUT2D eigenvalue weighted by atomic mass is 16.5. The molecule has 1 fully saturated rings. The summed E-state index contributed by atoms with van der Waals surface area (Å²) in [6.45, 7) is 4.52. The van der Waals surface area contributed by atoms with Crippen LogP contribution in [0.2, 0.25) is 0 Å². The Morgan fingerprint density at radius 1 is 1.16 bits per heavy atom. The lowest BCUT2D eigenvalue weighted by atomic mass is 9.69. The molecular formula is C20H25NO4. The highest BCUT2D eigenvalue weighted by Gasteiger charge is 2.48.